The Labute approximate surface area is 160 Å². The highest BCUT2D eigenvalue weighted by atomic mass is 79.9. The minimum atomic E-state index is -4.49. The van der Waals surface area contributed by atoms with Gasteiger partial charge in [0.15, 0.2) is 5.78 Å². The predicted octanol–water partition coefficient (Wildman–Crippen LogP) is 6.17. The summed E-state index contributed by atoms with van der Waals surface area (Å²) in [6, 6.07) is 8.06. The van der Waals surface area contributed by atoms with Crippen LogP contribution in [0.3, 0.4) is 0 Å². The molecule has 1 aromatic heterocycles. The molecule has 3 rings (SSSR count). The van der Waals surface area contributed by atoms with Crippen LogP contribution in [-0.2, 0) is 6.18 Å². The fourth-order valence-corrected chi connectivity index (χ4v) is 3.46. The summed E-state index contributed by atoms with van der Waals surface area (Å²) >= 11 is 9.25. The van der Waals surface area contributed by atoms with Crippen LogP contribution in [0.1, 0.15) is 26.3 Å². The number of ether oxygens (including phenoxy) is 1. The number of H-pyrrole nitrogens is 1. The third-order valence-corrected chi connectivity index (χ3v) is 5.12. The van der Waals surface area contributed by atoms with Gasteiger partial charge >= 0.3 is 6.18 Å². The van der Waals surface area contributed by atoms with Crippen LogP contribution in [0.5, 0.6) is 5.75 Å². The van der Waals surface area contributed by atoms with E-state index in [4.69, 9.17) is 16.3 Å². The number of nitrogens with one attached hydrogen (secondary N) is 1. The zero-order chi connectivity index (χ0) is 19.1. The normalized spacial score (nSPS) is 13.0. The molecule has 0 fully saturated rings. The summed E-state index contributed by atoms with van der Waals surface area (Å²) in [6.07, 6.45) is -3.08. The molecule has 0 spiro atoms. The maximum absolute atomic E-state index is 13.0. The van der Waals surface area contributed by atoms with Crippen molar-refractivity contribution < 1.29 is 22.7 Å². The molecule has 0 bridgehead atoms. The Hall–Kier alpha value is -1.99. The molecule has 0 radical (unpaired) electrons. The topological polar surface area (TPSA) is 42.1 Å². The summed E-state index contributed by atoms with van der Waals surface area (Å²) < 4.78 is 44.2. The summed E-state index contributed by atoms with van der Waals surface area (Å²) in [5, 5.41) is 0.655. The lowest BCUT2D eigenvalue weighted by Gasteiger charge is -2.14. The number of carbonyl (C=O) groups excluding carboxylic acids is 1. The number of fused-ring (bicyclic) bond motifs is 1. The number of hydrogen-bond donors (Lipinski definition) is 1. The molecule has 1 N–H and O–H groups in total. The number of alkyl halides is 4. The van der Waals surface area contributed by atoms with Crippen molar-refractivity contribution in [3.8, 4) is 5.75 Å². The number of carbonyl (C=O) groups is 1. The molecule has 1 heterocycles. The summed E-state index contributed by atoms with van der Waals surface area (Å²) in [4.78, 5) is 14.9. The van der Waals surface area contributed by atoms with Crippen LogP contribution in [-0.4, -0.2) is 17.9 Å². The summed E-state index contributed by atoms with van der Waals surface area (Å²) in [5.74, 6) is 0.0137. The molecule has 3 aromatic rings. The minimum absolute atomic E-state index is 0.157. The SMILES string of the molecule is COc1cc(Cl)ccc1C(Br)C(=O)c1c[nH]c2ccc(C(F)(F)F)cc12. The minimum Gasteiger partial charge on any atom is -0.496 e. The third kappa shape index (κ3) is 3.46. The summed E-state index contributed by atoms with van der Waals surface area (Å²) in [6.45, 7) is 0. The van der Waals surface area contributed by atoms with Gasteiger partial charge in [-0.25, -0.2) is 0 Å². The lowest BCUT2D eigenvalue weighted by Crippen LogP contribution is -2.09. The molecule has 8 heteroatoms. The van der Waals surface area contributed by atoms with Crippen molar-refractivity contribution in [2.24, 2.45) is 0 Å². The Balaban J connectivity index is 2.05. The van der Waals surface area contributed by atoms with E-state index in [0.29, 0.717) is 21.9 Å². The molecule has 1 unspecified atom stereocenters. The van der Waals surface area contributed by atoms with Crippen LogP contribution in [0.25, 0.3) is 10.9 Å². The van der Waals surface area contributed by atoms with Gasteiger partial charge in [-0.15, -0.1) is 0 Å². The fraction of sp³-hybridized carbons (Fsp3) is 0.167. The standard InChI is InChI=1S/C18H12BrClF3NO2/c1-26-15-7-10(20)3-4-11(15)16(19)17(25)13-8-24-14-5-2-9(6-12(13)14)18(21,22)23/h2-8,16,24H,1H3. The lowest BCUT2D eigenvalue weighted by atomic mass is 10.0. The maximum atomic E-state index is 13.0. The van der Waals surface area contributed by atoms with E-state index in [9.17, 15) is 18.0 Å². The Morgan fingerprint density at radius 1 is 1.23 bits per heavy atom. The van der Waals surface area contributed by atoms with Crippen molar-refractivity contribution in [2.45, 2.75) is 11.0 Å². The lowest BCUT2D eigenvalue weighted by molar-refractivity contribution is -0.137. The molecule has 0 aliphatic carbocycles. The monoisotopic (exact) mass is 445 g/mol. The second-order valence-corrected chi connectivity index (χ2v) is 6.93. The van der Waals surface area contributed by atoms with E-state index in [1.807, 2.05) is 0 Å². The highest BCUT2D eigenvalue weighted by Crippen LogP contribution is 2.38. The molecule has 1 atom stereocenters. The molecular formula is C18H12BrClF3NO2. The largest absolute Gasteiger partial charge is 0.496 e. The summed E-state index contributed by atoms with van der Waals surface area (Å²) in [5.41, 5.74) is 0.325. The van der Waals surface area contributed by atoms with E-state index < -0.39 is 22.4 Å². The van der Waals surface area contributed by atoms with Gasteiger partial charge in [-0.3, -0.25) is 4.79 Å². The van der Waals surface area contributed by atoms with Crippen LogP contribution in [0, 0.1) is 0 Å². The number of benzene rings is 2. The first-order valence-corrected chi connectivity index (χ1v) is 8.72. The van der Waals surface area contributed by atoms with E-state index in [-0.39, 0.29) is 10.9 Å². The zero-order valence-corrected chi connectivity index (χ0v) is 15.7. The van der Waals surface area contributed by atoms with Gasteiger partial charge in [-0.05, 0) is 30.3 Å². The van der Waals surface area contributed by atoms with Gasteiger partial charge in [-0.1, -0.05) is 33.6 Å². The molecular weight excluding hydrogens is 435 g/mol. The van der Waals surface area contributed by atoms with Gasteiger partial charge in [0.05, 0.1) is 12.7 Å². The average Bonchev–Trinajstić information content (AvgIpc) is 3.02. The van der Waals surface area contributed by atoms with Crippen LogP contribution < -0.4 is 4.74 Å². The first-order chi connectivity index (χ1) is 12.2. The van der Waals surface area contributed by atoms with Gasteiger partial charge in [0.25, 0.3) is 0 Å². The van der Waals surface area contributed by atoms with E-state index in [1.54, 1.807) is 18.2 Å². The number of ketones is 1. The molecule has 3 nitrogen and oxygen atoms in total. The van der Waals surface area contributed by atoms with Gasteiger partial charge in [0.2, 0.25) is 0 Å². The van der Waals surface area contributed by atoms with Crippen LogP contribution in [0.4, 0.5) is 13.2 Å². The number of halogens is 5. The number of Topliss-reactive ketones (excluding diaryl/α,β-unsaturated/α-hetero) is 1. The van der Waals surface area contributed by atoms with E-state index in [1.165, 1.54) is 19.4 Å². The van der Waals surface area contributed by atoms with Crippen molar-refractivity contribution in [3.05, 3.63) is 64.3 Å². The van der Waals surface area contributed by atoms with Crippen molar-refractivity contribution in [3.63, 3.8) is 0 Å². The number of rotatable bonds is 4. The fourth-order valence-electron chi connectivity index (χ4n) is 2.67. The third-order valence-electron chi connectivity index (χ3n) is 3.97. The maximum Gasteiger partial charge on any atom is 0.416 e. The Morgan fingerprint density at radius 3 is 2.62 bits per heavy atom. The number of aromatic nitrogens is 1. The highest BCUT2D eigenvalue weighted by Gasteiger charge is 2.32. The van der Waals surface area contributed by atoms with E-state index >= 15 is 0 Å². The molecule has 0 aliphatic heterocycles. The quantitative estimate of drug-likeness (QED) is 0.385. The smallest absolute Gasteiger partial charge is 0.416 e. The first kappa shape index (κ1) is 18.8. The highest BCUT2D eigenvalue weighted by molar-refractivity contribution is 9.09. The van der Waals surface area contributed by atoms with Crippen molar-refractivity contribution in [1.29, 1.82) is 0 Å². The molecule has 136 valence electrons. The van der Waals surface area contributed by atoms with Crippen molar-refractivity contribution >= 4 is 44.2 Å². The van der Waals surface area contributed by atoms with E-state index in [0.717, 1.165) is 12.1 Å². The molecule has 2 aromatic carbocycles. The molecule has 0 saturated carbocycles. The number of methoxy groups -OCH3 is 1. The van der Waals surface area contributed by atoms with Crippen LogP contribution in [0.15, 0.2) is 42.6 Å². The Bertz CT molecular complexity index is 984. The zero-order valence-electron chi connectivity index (χ0n) is 13.3. The second kappa shape index (κ2) is 6.96. The molecule has 0 aliphatic rings. The molecule has 0 saturated heterocycles. The Kier molecular flexibility index (Phi) is 5.03. The average molecular weight is 447 g/mol. The second-order valence-electron chi connectivity index (χ2n) is 5.57. The summed E-state index contributed by atoms with van der Waals surface area (Å²) in [7, 11) is 1.45. The molecule has 0 amide bonds. The van der Waals surface area contributed by atoms with Crippen LogP contribution >= 0.6 is 27.5 Å². The van der Waals surface area contributed by atoms with Gasteiger partial charge in [-0.2, -0.15) is 13.2 Å². The predicted molar refractivity (Wildman–Crippen MR) is 97.3 cm³/mol. The van der Waals surface area contributed by atoms with Crippen molar-refractivity contribution in [1.82, 2.24) is 4.98 Å². The number of aromatic amines is 1. The number of hydrogen-bond acceptors (Lipinski definition) is 2. The van der Waals surface area contributed by atoms with Gasteiger partial charge < -0.3 is 9.72 Å². The Morgan fingerprint density at radius 2 is 1.96 bits per heavy atom. The van der Waals surface area contributed by atoms with Gasteiger partial charge in [0, 0.05) is 33.2 Å². The van der Waals surface area contributed by atoms with Gasteiger partial charge in [0.1, 0.15) is 10.6 Å². The molecule has 26 heavy (non-hydrogen) atoms. The van der Waals surface area contributed by atoms with Crippen LogP contribution in [0.2, 0.25) is 5.02 Å². The van der Waals surface area contributed by atoms with E-state index in [2.05, 4.69) is 20.9 Å². The van der Waals surface area contributed by atoms with Crippen molar-refractivity contribution in [2.75, 3.05) is 7.11 Å². The first-order valence-electron chi connectivity index (χ1n) is 7.42.